The van der Waals surface area contributed by atoms with Gasteiger partial charge in [-0.2, -0.15) is 0 Å². The maximum Gasteiger partial charge on any atom is 0.0377 e. The molecule has 1 heterocycles. The molecule has 0 bridgehead atoms. The van der Waals surface area contributed by atoms with Gasteiger partial charge in [-0.3, -0.25) is 0 Å². The lowest BCUT2D eigenvalue weighted by Gasteiger charge is -2.20. The van der Waals surface area contributed by atoms with Crippen molar-refractivity contribution in [1.29, 1.82) is 0 Å². The number of benzene rings is 1. The maximum atomic E-state index is 3.70. The van der Waals surface area contributed by atoms with Gasteiger partial charge in [0.15, 0.2) is 0 Å². The molecule has 0 radical (unpaired) electrons. The summed E-state index contributed by atoms with van der Waals surface area (Å²) in [6.45, 7) is 7.76. The first-order chi connectivity index (χ1) is 8.22. The average molecular weight is 297 g/mol. The van der Waals surface area contributed by atoms with E-state index in [1.165, 1.54) is 41.7 Å². The van der Waals surface area contributed by atoms with Crippen LogP contribution < -0.4 is 10.2 Å². The maximum absolute atomic E-state index is 3.70. The van der Waals surface area contributed by atoms with Crippen LogP contribution in [0.3, 0.4) is 0 Å². The lowest BCUT2D eigenvalue weighted by atomic mass is 10.1. The molecular weight excluding hydrogens is 276 g/mol. The average Bonchev–Trinajstić information content (AvgIpc) is 2.82. The predicted molar refractivity (Wildman–Crippen MR) is 77.7 cm³/mol. The van der Waals surface area contributed by atoms with E-state index in [9.17, 15) is 0 Å². The fraction of sp³-hybridized carbons (Fsp3) is 0.571. The van der Waals surface area contributed by atoms with Gasteiger partial charge in [0, 0.05) is 29.3 Å². The lowest BCUT2D eigenvalue weighted by Crippen LogP contribution is -2.20. The summed E-state index contributed by atoms with van der Waals surface area (Å²) in [6.07, 6.45) is 2.65. The molecule has 0 spiro atoms. The first kappa shape index (κ1) is 12.9. The summed E-state index contributed by atoms with van der Waals surface area (Å²) < 4.78 is 1.22. The van der Waals surface area contributed by atoms with E-state index in [1.807, 2.05) is 0 Å². The third kappa shape index (κ3) is 3.02. The minimum atomic E-state index is 0.405. The number of hydrogen-bond acceptors (Lipinski definition) is 2. The summed E-state index contributed by atoms with van der Waals surface area (Å²) in [7, 11) is 0. The van der Waals surface area contributed by atoms with Crippen molar-refractivity contribution in [1.82, 2.24) is 5.32 Å². The zero-order valence-electron chi connectivity index (χ0n) is 10.7. The van der Waals surface area contributed by atoms with Crippen molar-refractivity contribution < 1.29 is 0 Å². The fourth-order valence-electron chi connectivity index (χ4n) is 2.46. The van der Waals surface area contributed by atoms with Crippen molar-refractivity contribution in [3.05, 3.63) is 28.2 Å². The first-order valence-corrected chi connectivity index (χ1v) is 7.29. The summed E-state index contributed by atoms with van der Waals surface area (Å²) in [6, 6.07) is 7.15. The van der Waals surface area contributed by atoms with Gasteiger partial charge in [-0.25, -0.2) is 0 Å². The van der Waals surface area contributed by atoms with Gasteiger partial charge in [-0.15, -0.1) is 0 Å². The van der Waals surface area contributed by atoms with Crippen LogP contribution in [0.2, 0.25) is 0 Å². The summed E-state index contributed by atoms with van der Waals surface area (Å²) in [5.74, 6) is 0. The Bertz CT molecular complexity index is 372. The largest absolute Gasteiger partial charge is 0.372 e. The monoisotopic (exact) mass is 296 g/mol. The number of hydrogen-bond donors (Lipinski definition) is 1. The van der Waals surface area contributed by atoms with Gasteiger partial charge in [0.25, 0.3) is 0 Å². The predicted octanol–water partition coefficient (Wildman–Crippen LogP) is 3.72. The standard InChI is InChI=1S/C14H21BrN2/c1-3-16-11(2)13-7-6-12(10-14(13)15)17-8-4-5-9-17/h6-7,10-11,16H,3-5,8-9H2,1-2H3. The lowest BCUT2D eigenvalue weighted by molar-refractivity contribution is 0.596. The zero-order chi connectivity index (χ0) is 12.3. The SMILES string of the molecule is CCNC(C)c1ccc(N2CCCC2)cc1Br. The van der Waals surface area contributed by atoms with Crippen molar-refractivity contribution in [3.8, 4) is 0 Å². The Labute approximate surface area is 113 Å². The van der Waals surface area contributed by atoms with E-state index in [0.717, 1.165) is 6.54 Å². The summed E-state index contributed by atoms with van der Waals surface area (Å²) in [5, 5.41) is 3.45. The number of nitrogens with zero attached hydrogens (tertiary/aromatic N) is 1. The quantitative estimate of drug-likeness (QED) is 0.911. The highest BCUT2D eigenvalue weighted by Crippen LogP contribution is 2.29. The van der Waals surface area contributed by atoms with Crippen LogP contribution in [-0.2, 0) is 0 Å². The molecule has 0 aromatic heterocycles. The second-order valence-electron chi connectivity index (χ2n) is 4.68. The molecule has 3 heteroatoms. The minimum Gasteiger partial charge on any atom is -0.372 e. The van der Waals surface area contributed by atoms with E-state index >= 15 is 0 Å². The van der Waals surface area contributed by atoms with Crippen LogP contribution in [0.4, 0.5) is 5.69 Å². The Balaban J connectivity index is 2.16. The van der Waals surface area contributed by atoms with Gasteiger partial charge in [0.1, 0.15) is 0 Å². The van der Waals surface area contributed by atoms with E-state index in [1.54, 1.807) is 0 Å². The molecule has 94 valence electrons. The highest BCUT2D eigenvalue weighted by Gasteiger charge is 2.14. The Kier molecular flexibility index (Phi) is 4.46. The Hall–Kier alpha value is -0.540. The molecular formula is C14H21BrN2. The highest BCUT2D eigenvalue weighted by atomic mass is 79.9. The molecule has 1 saturated heterocycles. The Morgan fingerprint density at radius 3 is 2.65 bits per heavy atom. The molecule has 1 aromatic carbocycles. The number of rotatable bonds is 4. The van der Waals surface area contributed by atoms with E-state index in [0.29, 0.717) is 6.04 Å². The van der Waals surface area contributed by atoms with Crippen molar-refractivity contribution >= 4 is 21.6 Å². The van der Waals surface area contributed by atoms with Crippen LogP contribution >= 0.6 is 15.9 Å². The first-order valence-electron chi connectivity index (χ1n) is 6.50. The second-order valence-corrected chi connectivity index (χ2v) is 5.53. The van der Waals surface area contributed by atoms with E-state index in [-0.39, 0.29) is 0 Å². The zero-order valence-corrected chi connectivity index (χ0v) is 12.3. The number of nitrogens with one attached hydrogen (secondary N) is 1. The van der Waals surface area contributed by atoms with Gasteiger partial charge >= 0.3 is 0 Å². The molecule has 1 N–H and O–H groups in total. The Morgan fingerprint density at radius 2 is 2.06 bits per heavy atom. The molecule has 1 fully saturated rings. The molecule has 1 unspecified atom stereocenters. The van der Waals surface area contributed by atoms with Crippen LogP contribution in [0.25, 0.3) is 0 Å². The van der Waals surface area contributed by atoms with Crippen molar-refractivity contribution in [3.63, 3.8) is 0 Å². The van der Waals surface area contributed by atoms with Crippen LogP contribution in [-0.4, -0.2) is 19.6 Å². The molecule has 0 aliphatic carbocycles. The molecule has 17 heavy (non-hydrogen) atoms. The molecule has 2 rings (SSSR count). The Morgan fingerprint density at radius 1 is 1.35 bits per heavy atom. The van der Waals surface area contributed by atoms with Gasteiger partial charge in [-0.1, -0.05) is 28.9 Å². The van der Waals surface area contributed by atoms with E-state index in [4.69, 9.17) is 0 Å². The highest BCUT2D eigenvalue weighted by molar-refractivity contribution is 9.10. The summed E-state index contributed by atoms with van der Waals surface area (Å²) >= 11 is 3.70. The summed E-state index contributed by atoms with van der Waals surface area (Å²) in [5.41, 5.74) is 2.69. The van der Waals surface area contributed by atoms with Crippen LogP contribution in [0.5, 0.6) is 0 Å². The molecule has 1 aliphatic rings. The van der Waals surface area contributed by atoms with Gasteiger partial charge < -0.3 is 10.2 Å². The molecule has 2 nitrogen and oxygen atoms in total. The number of halogens is 1. The third-order valence-electron chi connectivity index (χ3n) is 3.43. The number of anilines is 1. The van der Waals surface area contributed by atoms with Gasteiger partial charge in [-0.05, 0) is 44.0 Å². The molecule has 1 aromatic rings. The van der Waals surface area contributed by atoms with Crippen molar-refractivity contribution in [2.75, 3.05) is 24.5 Å². The fourth-order valence-corrected chi connectivity index (χ4v) is 3.17. The molecule has 0 amide bonds. The molecule has 1 aliphatic heterocycles. The minimum absolute atomic E-state index is 0.405. The molecule has 1 atom stereocenters. The van der Waals surface area contributed by atoms with Crippen molar-refractivity contribution in [2.24, 2.45) is 0 Å². The van der Waals surface area contributed by atoms with Crippen LogP contribution in [0.1, 0.15) is 38.3 Å². The van der Waals surface area contributed by atoms with Crippen LogP contribution in [0.15, 0.2) is 22.7 Å². The van der Waals surface area contributed by atoms with Gasteiger partial charge in [0.05, 0.1) is 0 Å². The third-order valence-corrected chi connectivity index (χ3v) is 4.12. The van der Waals surface area contributed by atoms with E-state index in [2.05, 4.69) is 58.2 Å². The van der Waals surface area contributed by atoms with E-state index < -0.39 is 0 Å². The molecule has 0 saturated carbocycles. The van der Waals surface area contributed by atoms with Gasteiger partial charge in [0.2, 0.25) is 0 Å². The topological polar surface area (TPSA) is 15.3 Å². The summed E-state index contributed by atoms with van der Waals surface area (Å²) in [4.78, 5) is 2.46. The van der Waals surface area contributed by atoms with Crippen LogP contribution in [0, 0.1) is 0 Å². The smallest absolute Gasteiger partial charge is 0.0377 e. The second kappa shape index (κ2) is 5.87. The van der Waals surface area contributed by atoms with Crippen molar-refractivity contribution in [2.45, 2.75) is 32.7 Å². The normalized spacial score (nSPS) is 17.5.